The van der Waals surface area contributed by atoms with Gasteiger partial charge in [-0.15, -0.1) is 0 Å². The first-order valence-corrected chi connectivity index (χ1v) is 17.8. The number of benzene rings is 1. The summed E-state index contributed by atoms with van der Waals surface area (Å²) in [6.45, 7) is 10.9. The van der Waals surface area contributed by atoms with Gasteiger partial charge in [0.1, 0.15) is 5.75 Å². The van der Waals surface area contributed by atoms with Crippen LogP contribution < -0.4 is 10.1 Å². The zero-order valence-electron chi connectivity index (χ0n) is 25.8. The topological polar surface area (TPSA) is 75.3 Å². The minimum Gasteiger partial charge on any atom is -0.494 e. The third-order valence-electron chi connectivity index (χ3n) is 6.60. The molecule has 0 unspecified atom stereocenters. The van der Waals surface area contributed by atoms with E-state index >= 15 is 0 Å². The lowest BCUT2D eigenvalue weighted by molar-refractivity contribution is 0.0707. The first-order chi connectivity index (χ1) is 19.6. The Morgan fingerprint density at radius 3 is 1.77 bits per heavy atom. The monoisotopic (exact) mass is 579 g/mol. The number of nitrogens with one attached hydrogen (secondary N) is 1. The number of hydrogen-bond donors (Lipinski definition) is 1. The molecule has 0 radical (unpaired) electrons. The Morgan fingerprint density at radius 1 is 0.725 bits per heavy atom. The number of rotatable bonds is 26. The van der Waals surface area contributed by atoms with Crippen molar-refractivity contribution in [3.63, 3.8) is 0 Å². The van der Waals surface area contributed by atoms with E-state index < -0.39 is 14.9 Å². The average Bonchev–Trinajstić information content (AvgIpc) is 2.95. The largest absolute Gasteiger partial charge is 0.500 e. The van der Waals surface area contributed by atoms with Crippen LogP contribution in [0, 0.1) is 0 Å². The molecule has 1 N–H and O–H groups in total. The quantitative estimate of drug-likeness (QED) is 0.0671. The highest BCUT2D eigenvalue weighted by Gasteiger charge is 2.39. The molecule has 0 saturated heterocycles. The van der Waals surface area contributed by atoms with Crippen molar-refractivity contribution in [2.75, 3.05) is 33.0 Å². The van der Waals surface area contributed by atoms with E-state index in [0.717, 1.165) is 24.3 Å². The molecule has 0 aliphatic carbocycles. The van der Waals surface area contributed by atoms with Crippen molar-refractivity contribution >= 4 is 21.0 Å². The standard InChI is InChI=1S/C32H57NO6Si/c1-5-9-10-11-12-13-14-15-16-17-18-19-27-35-31-23-21-30(22-24-31)25-28-36-32(34)33-26-20-29-40(37-6-2,38-7-3)39-8-4/h21-25,28H,5-20,26-27,29H2,1-4H3,(H,33,34)/b28-25+. The molecule has 7 nitrogen and oxygen atoms in total. The van der Waals surface area contributed by atoms with Crippen molar-refractivity contribution in [1.82, 2.24) is 5.32 Å². The highest BCUT2D eigenvalue weighted by Crippen LogP contribution is 2.18. The van der Waals surface area contributed by atoms with E-state index in [1.54, 1.807) is 6.08 Å². The predicted molar refractivity (Wildman–Crippen MR) is 167 cm³/mol. The van der Waals surface area contributed by atoms with E-state index in [2.05, 4.69) is 12.2 Å². The fourth-order valence-corrected chi connectivity index (χ4v) is 7.13. The molecule has 8 heteroatoms. The molecule has 230 valence electrons. The van der Waals surface area contributed by atoms with Crippen molar-refractivity contribution in [3.8, 4) is 5.75 Å². The first-order valence-electron chi connectivity index (χ1n) is 15.8. The summed E-state index contributed by atoms with van der Waals surface area (Å²) in [6, 6.07) is 8.45. The van der Waals surface area contributed by atoms with Gasteiger partial charge < -0.3 is 28.1 Å². The normalized spacial score (nSPS) is 11.7. The third-order valence-corrected chi connectivity index (χ3v) is 9.76. The summed E-state index contributed by atoms with van der Waals surface area (Å²) < 4.78 is 28.5. The molecule has 0 aliphatic heterocycles. The number of carbonyl (C=O) groups excluding carboxylic acids is 1. The van der Waals surface area contributed by atoms with Gasteiger partial charge in [-0.05, 0) is 57.4 Å². The number of unbranched alkanes of at least 4 members (excludes halogenated alkanes) is 11. The smallest absolute Gasteiger partial charge is 0.494 e. The molecule has 1 rings (SSSR count). The van der Waals surface area contributed by atoms with E-state index in [-0.39, 0.29) is 0 Å². The van der Waals surface area contributed by atoms with Gasteiger partial charge in [0.15, 0.2) is 0 Å². The molecule has 1 amide bonds. The zero-order chi connectivity index (χ0) is 29.2. The molecule has 0 saturated carbocycles. The van der Waals surface area contributed by atoms with Crippen molar-refractivity contribution in [2.45, 2.75) is 117 Å². The summed E-state index contributed by atoms with van der Waals surface area (Å²) in [4.78, 5) is 12.0. The molecule has 0 spiro atoms. The number of alkyl carbamates (subject to hydrolysis) is 1. The summed E-state index contributed by atoms with van der Waals surface area (Å²) in [5.41, 5.74) is 0.937. The molecule has 0 fully saturated rings. The molecule has 1 aromatic rings. The highest BCUT2D eigenvalue weighted by atomic mass is 28.4. The van der Waals surface area contributed by atoms with E-state index in [9.17, 15) is 4.79 Å². The van der Waals surface area contributed by atoms with Crippen LogP contribution in [0.5, 0.6) is 5.75 Å². The molecule has 0 aliphatic rings. The molecule has 1 aromatic carbocycles. The first kappa shape index (κ1) is 36.2. The zero-order valence-corrected chi connectivity index (χ0v) is 26.8. The Bertz CT molecular complexity index is 741. The van der Waals surface area contributed by atoms with E-state index in [1.165, 1.54) is 76.9 Å². The second kappa shape index (κ2) is 24.9. The van der Waals surface area contributed by atoms with Crippen LogP contribution in [0.3, 0.4) is 0 Å². The second-order valence-corrected chi connectivity index (χ2v) is 12.8. The number of carbonyl (C=O) groups is 1. The van der Waals surface area contributed by atoms with Crippen LogP contribution in [-0.2, 0) is 18.0 Å². The van der Waals surface area contributed by atoms with Crippen LogP contribution in [0.25, 0.3) is 6.08 Å². The summed E-state index contributed by atoms with van der Waals surface area (Å²) in [7, 11) is -2.68. The minimum atomic E-state index is -2.68. The van der Waals surface area contributed by atoms with Crippen LogP contribution in [-0.4, -0.2) is 47.9 Å². The highest BCUT2D eigenvalue weighted by molar-refractivity contribution is 6.60. The van der Waals surface area contributed by atoms with E-state index in [1.807, 2.05) is 45.0 Å². The maximum atomic E-state index is 12.0. The van der Waals surface area contributed by atoms with Gasteiger partial charge in [0.05, 0.1) is 12.9 Å². The number of amides is 1. The van der Waals surface area contributed by atoms with Crippen LogP contribution in [0.1, 0.15) is 117 Å². The van der Waals surface area contributed by atoms with Gasteiger partial charge in [0.2, 0.25) is 0 Å². The summed E-state index contributed by atoms with van der Waals surface area (Å²) in [5.74, 6) is 0.865. The van der Waals surface area contributed by atoms with Crippen molar-refractivity contribution < 1.29 is 27.5 Å². The van der Waals surface area contributed by atoms with Gasteiger partial charge in [-0.1, -0.05) is 89.7 Å². The van der Waals surface area contributed by atoms with Crippen LogP contribution in [0.15, 0.2) is 30.5 Å². The van der Waals surface area contributed by atoms with Crippen molar-refractivity contribution in [1.29, 1.82) is 0 Å². The lowest BCUT2D eigenvalue weighted by atomic mass is 10.1. The molecule has 0 atom stereocenters. The van der Waals surface area contributed by atoms with E-state index in [0.29, 0.717) is 38.8 Å². The Kier molecular flexibility index (Phi) is 22.5. The Labute approximate surface area is 245 Å². The average molecular weight is 580 g/mol. The molecular weight excluding hydrogens is 522 g/mol. The molecule has 0 heterocycles. The molecule has 0 bridgehead atoms. The van der Waals surface area contributed by atoms with Crippen LogP contribution in [0.2, 0.25) is 6.04 Å². The van der Waals surface area contributed by atoms with Gasteiger partial charge in [-0.25, -0.2) is 4.79 Å². The Balaban J connectivity index is 2.13. The SMILES string of the molecule is CCCCCCCCCCCCCCOc1ccc(/C=C/OC(=O)NCCC[Si](OCC)(OCC)OCC)cc1. The summed E-state index contributed by atoms with van der Waals surface area (Å²) in [6.07, 6.45) is 19.4. The predicted octanol–water partition coefficient (Wildman–Crippen LogP) is 8.90. The number of ether oxygens (including phenoxy) is 2. The molecule has 40 heavy (non-hydrogen) atoms. The van der Waals surface area contributed by atoms with Gasteiger partial charge >= 0.3 is 14.9 Å². The van der Waals surface area contributed by atoms with E-state index in [4.69, 9.17) is 22.8 Å². The summed E-state index contributed by atoms with van der Waals surface area (Å²) >= 11 is 0. The Hall–Kier alpha value is -1.87. The second-order valence-electron chi connectivity index (χ2n) is 10.0. The van der Waals surface area contributed by atoms with Crippen molar-refractivity contribution in [2.24, 2.45) is 0 Å². The molecule has 0 aromatic heterocycles. The maximum Gasteiger partial charge on any atom is 0.500 e. The van der Waals surface area contributed by atoms with Crippen LogP contribution in [0.4, 0.5) is 4.79 Å². The summed E-state index contributed by atoms with van der Waals surface area (Å²) in [5, 5.41) is 2.76. The van der Waals surface area contributed by atoms with Gasteiger partial charge in [-0.3, -0.25) is 0 Å². The van der Waals surface area contributed by atoms with Crippen molar-refractivity contribution in [3.05, 3.63) is 36.1 Å². The molecular formula is C32H57NO6Si. The van der Waals surface area contributed by atoms with Gasteiger partial charge in [0.25, 0.3) is 0 Å². The Morgan fingerprint density at radius 2 is 1.25 bits per heavy atom. The fourth-order valence-electron chi connectivity index (χ4n) is 4.52. The van der Waals surface area contributed by atoms with Gasteiger partial charge in [0, 0.05) is 32.4 Å². The lowest BCUT2D eigenvalue weighted by Gasteiger charge is -2.28. The maximum absolute atomic E-state index is 12.0. The van der Waals surface area contributed by atoms with Crippen LogP contribution >= 0.6 is 0 Å². The third kappa shape index (κ3) is 18.5. The van der Waals surface area contributed by atoms with Gasteiger partial charge in [-0.2, -0.15) is 0 Å². The minimum absolute atomic E-state index is 0.458. The fraction of sp³-hybridized carbons (Fsp3) is 0.719. The lowest BCUT2D eigenvalue weighted by Crippen LogP contribution is -2.46. The number of hydrogen-bond acceptors (Lipinski definition) is 6.